The van der Waals surface area contributed by atoms with Gasteiger partial charge in [-0.1, -0.05) is 47.8 Å². The Labute approximate surface area is 156 Å². The lowest BCUT2D eigenvalue weighted by molar-refractivity contribution is 0.745. The third-order valence-corrected chi connectivity index (χ3v) is 5.43. The maximum atomic E-state index is 7.58. The summed E-state index contributed by atoms with van der Waals surface area (Å²) in [5, 5.41) is 15.4. The number of nitrogens with zero attached hydrogens (tertiary/aromatic N) is 1. The smallest absolute Gasteiger partial charge is 0.151 e. The fourth-order valence-corrected chi connectivity index (χ4v) is 3.93. The van der Waals surface area contributed by atoms with E-state index in [1.54, 1.807) is 6.33 Å². The van der Waals surface area contributed by atoms with E-state index in [1.165, 1.54) is 34.7 Å². The monoisotopic (exact) mass is 376 g/mol. The predicted octanol–water partition coefficient (Wildman–Crippen LogP) is 2.75. The van der Waals surface area contributed by atoms with Gasteiger partial charge in [0.2, 0.25) is 0 Å². The molecule has 1 aromatic heterocycles. The van der Waals surface area contributed by atoms with Crippen molar-refractivity contribution in [3.8, 4) is 0 Å². The summed E-state index contributed by atoms with van der Waals surface area (Å²) in [4.78, 5) is 7.15. The molecule has 6 nitrogen and oxygen atoms in total. The Morgan fingerprint density at radius 1 is 1.08 bits per heavy atom. The van der Waals surface area contributed by atoms with E-state index >= 15 is 0 Å². The molecule has 8 heteroatoms. The molecule has 0 spiro atoms. The molecule has 1 aromatic carbocycles. The average Bonchev–Trinajstić information content (AvgIpc) is 3.07. The van der Waals surface area contributed by atoms with E-state index in [-0.39, 0.29) is 15.6 Å². The Bertz CT molecular complexity index is 669. The molecule has 0 fully saturated rings. The van der Waals surface area contributed by atoms with Crippen LogP contribution in [0.2, 0.25) is 0 Å². The summed E-state index contributed by atoms with van der Waals surface area (Å²) < 4.78 is 0. The fourth-order valence-electron chi connectivity index (χ4n) is 2.50. The highest BCUT2D eigenvalue weighted by Gasteiger charge is 2.13. The SMILES string of the molecule is N=C(N)SCCc1ccc(C[C@@H](CCc2cnc[nH]2)SC(=N)N)cc1. The van der Waals surface area contributed by atoms with E-state index in [0.717, 1.165) is 37.1 Å². The quantitative estimate of drug-likeness (QED) is 0.339. The van der Waals surface area contributed by atoms with Gasteiger partial charge in [-0.05, 0) is 36.8 Å². The number of hydrogen-bond acceptors (Lipinski definition) is 5. The third kappa shape index (κ3) is 7.66. The highest BCUT2D eigenvalue weighted by Crippen LogP contribution is 2.21. The van der Waals surface area contributed by atoms with Crippen molar-refractivity contribution in [3.63, 3.8) is 0 Å². The van der Waals surface area contributed by atoms with Crippen LogP contribution in [0.5, 0.6) is 0 Å². The molecule has 2 rings (SSSR count). The fraction of sp³-hybridized carbons (Fsp3) is 0.353. The molecular weight excluding hydrogens is 352 g/mol. The second-order valence-corrected chi connectivity index (χ2v) is 8.18. The number of aromatic nitrogens is 2. The summed E-state index contributed by atoms with van der Waals surface area (Å²) >= 11 is 2.79. The predicted molar refractivity (Wildman–Crippen MR) is 108 cm³/mol. The highest BCUT2D eigenvalue weighted by molar-refractivity contribution is 8.14. The summed E-state index contributed by atoms with van der Waals surface area (Å²) in [5.41, 5.74) is 14.5. The molecule has 0 aliphatic heterocycles. The van der Waals surface area contributed by atoms with Gasteiger partial charge in [-0.3, -0.25) is 10.8 Å². The van der Waals surface area contributed by atoms with Crippen LogP contribution < -0.4 is 11.5 Å². The first kappa shape index (κ1) is 19.4. The molecule has 2 aromatic rings. The summed E-state index contributed by atoms with van der Waals surface area (Å²) in [6.07, 6.45) is 7.13. The van der Waals surface area contributed by atoms with Crippen LogP contribution in [0, 0.1) is 10.8 Å². The minimum Gasteiger partial charge on any atom is -0.379 e. The molecule has 0 saturated heterocycles. The van der Waals surface area contributed by atoms with E-state index < -0.39 is 0 Å². The Kier molecular flexibility index (Phi) is 7.87. The molecular formula is C17H24N6S2. The lowest BCUT2D eigenvalue weighted by atomic mass is 10.0. The van der Waals surface area contributed by atoms with Crippen molar-refractivity contribution in [3.05, 3.63) is 53.6 Å². The molecule has 0 aliphatic carbocycles. The van der Waals surface area contributed by atoms with Gasteiger partial charge in [-0.2, -0.15) is 0 Å². The maximum absolute atomic E-state index is 7.58. The Morgan fingerprint density at radius 3 is 2.40 bits per heavy atom. The van der Waals surface area contributed by atoms with E-state index in [1.807, 2.05) is 6.20 Å². The van der Waals surface area contributed by atoms with E-state index in [2.05, 4.69) is 34.2 Å². The molecule has 0 amide bonds. The topological polar surface area (TPSA) is 128 Å². The number of H-pyrrole nitrogens is 1. The number of aromatic amines is 1. The lowest BCUT2D eigenvalue weighted by Crippen LogP contribution is -2.16. The number of hydrogen-bond donors (Lipinski definition) is 5. The maximum Gasteiger partial charge on any atom is 0.151 e. The second kappa shape index (κ2) is 10.1. The van der Waals surface area contributed by atoms with Crippen molar-refractivity contribution in [2.45, 2.75) is 30.9 Å². The molecule has 134 valence electrons. The number of benzene rings is 1. The van der Waals surface area contributed by atoms with Crippen molar-refractivity contribution in [2.75, 3.05) is 5.75 Å². The van der Waals surface area contributed by atoms with Gasteiger partial charge in [0.05, 0.1) is 6.33 Å². The molecule has 25 heavy (non-hydrogen) atoms. The Morgan fingerprint density at radius 2 is 1.80 bits per heavy atom. The van der Waals surface area contributed by atoms with E-state index in [4.69, 9.17) is 22.3 Å². The largest absolute Gasteiger partial charge is 0.379 e. The molecule has 0 radical (unpaired) electrons. The third-order valence-electron chi connectivity index (χ3n) is 3.72. The molecule has 0 aliphatic rings. The Balaban J connectivity index is 1.88. The number of nitrogens with one attached hydrogen (secondary N) is 3. The number of thioether (sulfide) groups is 2. The second-order valence-electron chi connectivity index (χ2n) is 5.70. The van der Waals surface area contributed by atoms with Gasteiger partial charge in [0.1, 0.15) is 0 Å². The van der Waals surface area contributed by atoms with Gasteiger partial charge in [-0.15, -0.1) is 0 Å². The minimum atomic E-state index is 0.160. The molecule has 1 heterocycles. The minimum absolute atomic E-state index is 0.160. The zero-order valence-electron chi connectivity index (χ0n) is 14.0. The van der Waals surface area contributed by atoms with Gasteiger partial charge in [0.15, 0.2) is 10.3 Å². The number of rotatable bonds is 9. The normalized spacial score (nSPS) is 12.0. The van der Waals surface area contributed by atoms with E-state index in [0.29, 0.717) is 0 Å². The molecule has 0 unspecified atom stereocenters. The van der Waals surface area contributed by atoms with Crippen molar-refractivity contribution in [1.29, 1.82) is 10.8 Å². The van der Waals surface area contributed by atoms with Crippen LogP contribution >= 0.6 is 23.5 Å². The Hall–Kier alpha value is -1.93. The van der Waals surface area contributed by atoms with Crippen LogP contribution in [0.4, 0.5) is 0 Å². The first-order valence-corrected chi connectivity index (χ1v) is 9.92. The molecule has 7 N–H and O–H groups in total. The number of amidine groups is 2. The zero-order chi connectivity index (χ0) is 18.1. The van der Waals surface area contributed by atoms with Crippen molar-refractivity contribution < 1.29 is 0 Å². The van der Waals surface area contributed by atoms with Crippen LogP contribution in [0.25, 0.3) is 0 Å². The van der Waals surface area contributed by atoms with Crippen LogP contribution in [0.3, 0.4) is 0 Å². The number of nitrogens with two attached hydrogens (primary N) is 2. The molecule has 0 saturated carbocycles. The lowest BCUT2D eigenvalue weighted by Gasteiger charge is -2.15. The van der Waals surface area contributed by atoms with Crippen LogP contribution in [0.1, 0.15) is 23.2 Å². The average molecular weight is 377 g/mol. The zero-order valence-corrected chi connectivity index (χ0v) is 15.6. The summed E-state index contributed by atoms with van der Waals surface area (Å²) in [7, 11) is 0. The van der Waals surface area contributed by atoms with Crippen LogP contribution in [0.15, 0.2) is 36.8 Å². The van der Waals surface area contributed by atoms with Gasteiger partial charge in [0.25, 0.3) is 0 Å². The van der Waals surface area contributed by atoms with Crippen molar-refractivity contribution >= 4 is 33.9 Å². The van der Waals surface area contributed by atoms with Crippen molar-refractivity contribution in [1.82, 2.24) is 9.97 Å². The van der Waals surface area contributed by atoms with Gasteiger partial charge in [-0.25, -0.2) is 4.98 Å². The summed E-state index contributed by atoms with van der Waals surface area (Å²) in [6.45, 7) is 0. The first-order chi connectivity index (χ1) is 12.0. The van der Waals surface area contributed by atoms with Crippen LogP contribution in [-0.4, -0.2) is 31.3 Å². The molecule has 0 bridgehead atoms. The van der Waals surface area contributed by atoms with Gasteiger partial charge < -0.3 is 16.5 Å². The van der Waals surface area contributed by atoms with Crippen LogP contribution in [-0.2, 0) is 19.3 Å². The first-order valence-electron chi connectivity index (χ1n) is 8.05. The molecule has 1 atom stereocenters. The summed E-state index contributed by atoms with van der Waals surface area (Å²) in [5.74, 6) is 0.821. The number of aryl methyl sites for hydroxylation is 2. The van der Waals surface area contributed by atoms with Gasteiger partial charge >= 0.3 is 0 Å². The van der Waals surface area contributed by atoms with E-state index in [9.17, 15) is 0 Å². The summed E-state index contributed by atoms with van der Waals surface area (Å²) in [6, 6.07) is 8.52. The standard InChI is InChI=1S/C17H24N6S2/c18-16(19)24-8-7-12-1-3-13(4-2-12)9-15(25-17(20)21)6-5-14-10-22-11-23-14/h1-4,10-11,15H,5-9H2,(H3,18,19)(H3,20,21)(H,22,23)/t15-/m1/s1. The number of imidazole rings is 1. The van der Waals surface area contributed by atoms with Gasteiger partial charge in [0, 0.05) is 22.9 Å². The highest BCUT2D eigenvalue weighted by atomic mass is 32.2. The van der Waals surface area contributed by atoms with Crippen molar-refractivity contribution in [2.24, 2.45) is 11.5 Å².